The normalized spacial score (nSPS) is 20.3. The van der Waals surface area contributed by atoms with E-state index in [1.54, 1.807) is 11.9 Å². The van der Waals surface area contributed by atoms with Crippen molar-refractivity contribution in [3.63, 3.8) is 0 Å². The van der Waals surface area contributed by atoms with Crippen LogP contribution in [0.5, 0.6) is 11.8 Å². The van der Waals surface area contributed by atoms with Gasteiger partial charge in [-0.05, 0) is 63.4 Å². The number of phenolic OH excluding ortho intramolecular Hbond substituents is 1. The summed E-state index contributed by atoms with van der Waals surface area (Å²) < 4.78 is 38.2. The van der Waals surface area contributed by atoms with Crippen molar-refractivity contribution in [3.8, 4) is 35.4 Å². The molecule has 2 unspecified atom stereocenters. The van der Waals surface area contributed by atoms with Gasteiger partial charge in [0, 0.05) is 56.1 Å². The lowest BCUT2D eigenvalue weighted by atomic mass is 9.95. The van der Waals surface area contributed by atoms with Crippen molar-refractivity contribution in [2.45, 2.75) is 50.8 Å². The Hall–Kier alpha value is -4.76. The van der Waals surface area contributed by atoms with E-state index >= 15 is 4.39 Å². The minimum absolute atomic E-state index is 0.0213. The first-order valence-corrected chi connectivity index (χ1v) is 15.6. The summed E-state index contributed by atoms with van der Waals surface area (Å²) in [5.41, 5.74) is 0.625. The van der Waals surface area contributed by atoms with Gasteiger partial charge in [0.2, 0.25) is 0 Å². The molecular weight excluding hydrogens is 592 g/mol. The Labute approximate surface area is 265 Å². The third-order valence-corrected chi connectivity index (χ3v) is 9.65. The third-order valence-electron chi connectivity index (χ3n) is 9.65. The van der Waals surface area contributed by atoms with Crippen LogP contribution in [0.1, 0.15) is 37.4 Å². The second-order valence-corrected chi connectivity index (χ2v) is 12.3. The number of aromatic hydroxyl groups is 1. The number of anilines is 1. The van der Waals surface area contributed by atoms with Gasteiger partial charge in [-0.25, -0.2) is 18.6 Å². The number of amides is 2. The average Bonchev–Trinajstić information content (AvgIpc) is 3.71. The van der Waals surface area contributed by atoms with Gasteiger partial charge in [0.15, 0.2) is 5.82 Å². The maximum Gasteiger partial charge on any atom is 0.319 e. The summed E-state index contributed by atoms with van der Waals surface area (Å²) >= 11 is 0. The molecular formula is C34H35F2N7O3. The number of nitrogens with one attached hydrogen (secondary N) is 1. The highest BCUT2D eigenvalue weighted by Crippen LogP contribution is 2.42. The van der Waals surface area contributed by atoms with Crippen LogP contribution in [0.4, 0.5) is 19.4 Å². The van der Waals surface area contributed by atoms with Crippen LogP contribution in [0.15, 0.2) is 24.3 Å². The first-order chi connectivity index (χ1) is 22.2. The van der Waals surface area contributed by atoms with Crippen LogP contribution in [0.2, 0.25) is 0 Å². The number of aromatic nitrogens is 3. The van der Waals surface area contributed by atoms with Crippen LogP contribution >= 0.6 is 0 Å². The monoisotopic (exact) mass is 627 g/mol. The molecule has 4 aromatic rings. The first kappa shape index (κ1) is 29.9. The van der Waals surface area contributed by atoms with Crippen molar-refractivity contribution in [1.82, 2.24) is 30.1 Å². The average molecular weight is 628 g/mol. The molecule has 3 aliphatic heterocycles. The summed E-state index contributed by atoms with van der Waals surface area (Å²) in [4.78, 5) is 32.8. The van der Waals surface area contributed by atoms with Gasteiger partial charge in [-0.1, -0.05) is 12.0 Å². The molecule has 0 bridgehead atoms. The predicted octanol–water partition coefficient (Wildman–Crippen LogP) is 4.45. The Morgan fingerprint density at radius 1 is 1.15 bits per heavy atom. The molecule has 3 aliphatic rings. The zero-order chi connectivity index (χ0) is 32.3. The summed E-state index contributed by atoms with van der Waals surface area (Å²) in [5, 5.41) is 14.5. The van der Waals surface area contributed by atoms with Gasteiger partial charge >= 0.3 is 12.0 Å². The van der Waals surface area contributed by atoms with E-state index in [9.17, 15) is 14.3 Å². The van der Waals surface area contributed by atoms with Crippen molar-refractivity contribution in [1.29, 1.82) is 0 Å². The smallest absolute Gasteiger partial charge is 0.319 e. The molecule has 7 rings (SSSR count). The number of hydrogen-bond donors (Lipinski definition) is 2. The summed E-state index contributed by atoms with van der Waals surface area (Å²) in [7, 11) is 3.66. The van der Waals surface area contributed by atoms with E-state index in [2.05, 4.69) is 33.1 Å². The molecule has 238 valence electrons. The number of carbonyl (C=O) groups is 1. The molecule has 2 fully saturated rings. The Kier molecular flexibility index (Phi) is 7.51. The van der Waals surface area contributed by atoms with Gasteiger partial charge in [0.05, 0.1) is 16.6 Å². The number of likely N-dealkylation sites (N-methyl/N-ethyl adjacent to an activating group) is 1. The van der Waals surface area contributed by atoms with Crippen molar-refractivity contribution < 1.29 is 23.4 Å². The standard InChI is InChI=1S/C34H35F2N7O3/c1-5-22-24(35)9-8-19-15-21(44)16-23(27(19)22)30-29(36)31-28-25(38-30)11-14-43(20-10-13-42(17-20)34(45)37-3)32(28)40-33(39-31)46-18(2)26-7-6-12-41(26)4/h1,8-9,15-16,18,20,26,44H,6-7,10-14,17H2,2-4H3,(H,37,45)/t18?,20?,26-/m0/s1. The highest BCUT2D eigenvalue weighted by molar-refractivity contribution is 6.03. The van der Waals surface area contributed by atoms with Crippen LogP contribution in [0.3, 0.4) is 0 Å². The lowest BCUT2D eigenvalue weighted by Gasteiger charge is -2.35. The Bertz CT molecular complexity index is 1930. The molecule has 3 atom stereocenters. The number of terminal acetylenes is 1. The Morgan fingerprint density at radius 2 is 1.98 bits per heavy atom. The van der Waals surface area contributed by atoms with Crippen molar-refractivity contribution in [2.75, 3.05) is 45.2 Å². The maximum atomic E-state index is 16.9. The number of urea groups is 1. The predicted molar refractivity (Wildman–Crippen MR) is 171 cm³/mol. The van der Waals surface area contributed by atoms with Crippen LogP contribution in [-0.2, 0) is 6.42 Å². The number of nitrogens with zero attached hydrogens (tertiary/aromatic N) is 6. The van der Waals surface area contributed by atoms with Crippen molar-refractivity contribution >= 4 is 33.5 Å². The van der Waals surface area contributed by atoms with E-state index in [4.69, 9.17) is 21.1 Å². The number of benzene rings is 2. The molecule has 5 heterocycles. The van der Waals surface area contributed by atoms with Crippen LogP contribution in [0.25, 0.3) is 32.9 Å². The summed E-state index contributed by atoms with van der Waals surface area (Å²) in [5.74, 6) is 1.38. The third kappa shape index (κ3) is 4.90. The minimum atomic E-state index is -0.753. The molecule has 2 saturated heterocycles. The SMILES string of the molecule is C#Cc1c(F)ccc2cc(O)cc(-c3nc4c5c(nc(OC(C)[C@@H]6CCCN6C)nc5c3F)N(C3CCN(C(=O)NC)C3)CC4)c12. The number of rotatable bonds is 5. The molecule has 2 amide bonds. The summed E-state index contributed by atoms with van der Waals surface area (Å²) in [6.45, 7) is 4.53. The largest absolute Gasteiger partial charge is 0.508 e. The van der Waals surface area contributed by atoms with E-state index in [1.807, 2.05) is 6.92 Å². The van der Waals surface area contributed by atoms with Crippen LogP contribution < -0.4 is 15.0 Å². The lowest BCUT2D eigenvalue weighted by molar-refractivity contribution is 0.112. The number of phenols is 1. The molecule has 0 aliphatic carbocycles. The second-order valence-electron chi connectivity index (χ2n) is 12.3. The van der Waals surface area contributed by atoms with Gasteiger partial charge in [-0.3, -0.25) is 4.90 Å². The van der Waals surface area contributed by atoms with Gasteiger partial charge in [-0.15, -0.1) is 6.42 Å². The fourth-order valence-corrected chi connectivity index (χ4v) is 7.38. The number of likely N-dealkylation sites (tertiary alicyclic amines) is 2. The Balaban J connectivity index is 1.42. The summed E-state index contributed by atoms with van der Waals surface area (Å²) in [6.07, 6.45) is 8.65. The molecule has 12 heteroatoms. The lowest BCUT2D eigenvalue weighted by Crippen LogP contribution is -2.44. The number of hydrogen-bond acceptors (Lipinski definition) is 8. The van der Waals surface area contributed by atoms with Gasteiger partial charge < -0.3 is 25.0 Å². The highest BCUT2D eigenvalue weighted by atomic mass is 19.1. The number of carbonyl (C=O) groups excluding carboxylic acids is 1. The molecule has 0 saturated carbocycles. The van der Waals surface area contributed by atoms with E-state index in [0.717, 1.165) is 25.8 Å². The quantitative estimate of drug-likeness (QED) is 0.313. The van der Waals surface area contributed by atoms with Crippen molar-refractivity contribution in [2.24, 2.45) is 0 Å². The Morgan fingerprint density at radius 3 is 2.72 bits per heavy atom. The molecule has 0 spiro atoms. The molecule has 2 N–H and O–H groups in total. The van der Waals surface area contributed by atoms with E-state index in [-0.39, 0.29) is 63.7 Å². The highest BCUT2D eigenvalue weighted by Gasteiger charge is 2.37. The molecule has 2 aromatic heterocycles. The van der Waals surface area contributed by atoms with Gasteiger partial charge in [0.1, 0.15) is 34.7 Å². The van der Waals surface area contributed by atoms with Crippen molar-refractivity contribution in [3.05, 3.63) is 47.2 Å². The topological polar surface area (TPSA) is 107 Å². The van der Waals surface area contributed by atoms with E-state index in [1.165, 1.54) is 24.3 Å². The fraction of sp³-hybridized carbons (Fsp3) is 0.412. The minimum Gasteiger partial charge on any atom is -0.508 e. The van der Waals surface area contributed by atoms with E-state index in [0.29, 0.717) is 48.3 Å². The number of ether oxygens (including phenoxy) is 1. The van der Waals surface area contributed by atoms with Crippen LogP contribution in [-0.4, -0.2) is 94.4 Å². The second kappa shape index (κ2) is 11.6. The maximum absolute atomic E-state index is 16.9. The number of fused-ring (bicyclic) bond motifs is 1. The zero-order valence-electron chi connectivity index (χ0n) is 26.0. The molecule has 2 aromatic carbocycles. The van der Waals surface area contributed by atoms with Gasteiger partial charge in [-0.2, -0.15) is 9.97 Å². The summed E-state index contributed by atoms with van der Waals surface area (Å²) in [6, 6.07) is 5.53. The molecule has 10 nitrogen and oxygen atoms in total. The number of halogens is 2. The molecule has 0 radical (unpaired) electrons. The zero-order valence-corrected chi connectivity index (χ0v) is 26.0. The molecule has 46 heavy (non-hydrogen) atoms. The first-order valence-electron chi connectivity index (χ1n) is 15.6. The van der Waals surface area contributed by atoms with Crippen LogP contribution in [0, 0.1) is 24.0 Å². The fourth-order valence-electron chi connectivity index (χ4n) is 7.38. The number of pyridine rings is 1. The van der Waals surface area contributed by atoms with Gasteiger partial charge in [0.25, 0.3) is 0 Å². The van der Waals surface area contributed by atoms with E-state index < -0.39 is 11.6 Å².